The Morgan fingerprint density at radius 1 is 0.640 bits per heavy atom. The second kappa shape index (κ2) is 8.82. The molecule has 1 aromatic carbocycles. The van der Waals surface area contributed by atoms with Crippen molar-refractivity contribution in [2.24, 2.45) is 10.8 Å². The third kappa shape index (κ3) is 8.02. The molecule has 0 amide bonds. The van der Waals surface area contributed by atoms with E-state index in [9.17, 15) is 15.3 Å². The minimum atomic E-state index is -0.221. The molecule has 3 nitrogen and oxygen atoms in total. The first-order chi connectivity index (χ1) is 11.4. The van der Waals surface area contributed by atoms with Crippen LogP contribution in [0.2, 0.25) is 0 Å². The molecule has 0 unspecified atom stereocenters. The number of rotatable bonds is 8. The molecule has 0 bridgehead atoms. The molecule has 0 aliphatic heterocycles. The Hall–Kier alpha value is -1.38. The lowest BCUT2D eigenvalue weighted by molar-refractivity contribution is 0.355. The number of benzene rings is 1. The highest BCUT2D eigenvalue weighted by Crippen LogP contribution is 2.39. The fourth-order valence-corrected chi connectivity index (χ4v) is 3.20. The first kappa shape index (κ1) is 21.7. The molecule has 1 aromatic rings. The van der Waals surface area contributed by atoms with E-state index in [1.807, 2.05) is 0 Å². The summed E-state index contributed by atoms with van der Waals surface area (Å²) in [5.74, 6) is -0.168. The van der Waals surface area contributed by atoms with E-state index >= 15 is 0 Å². The molecule has 3 heteroatoms. The quantitative estimate of drug-likeness (QED) is 0.292. The van der Waals surface area contributed by atoms with Crippen LogP contribution in [0.1, 0.15) is 91.2 Å². The van der Waals surface area contributed by atoms with Gasteiger partial charge in [0.25, 0.3) is 0 Å². The molecule has 1 rings (SSSR count). The van der Waals surface area contributed by atoms with Crippen molar-refractivity contribution >= 4 is 0 Å². The molecule has 0 aliphatic rings. The summed E-state index contributed by atoms with van der Waals surface area (Å²) in [7, 11) is 0. The van der Waals surface area contributed by atoms with Crippen LogP contribution in [0.5, 0.6) is 17.2 Å². The van der Waals surface area contributed by atoms with Crippen molar-refractivity contribution in [2.45, 2.75) is 92.9 Å². The second-order valence-corrected chi connectivity index (χ2v) is 9.76. The molecule has 0 fully saturated rings. The standard InChI is InChI=1S/C22H38O3/c1-21(2,3)13-9-7-11-16-17(12-8-10-14-22(4,5)6)20(25)19(24)15-18(16)23/h15,23-25H,7-14H2,1-6H3. The molecule has 0 aromatic heterocycles. The molecule has 0 spiro atoms. The fraction of sp³-hybridized carbons (Fsp3) is 0.727. The lowest BCUT2D eigenvalue weighted by Crippen LogP contribution is -2.06. The summed E-state index contributed by atoms with van der Waals surface area (Å²) in [6.07, 6.45) is 7.78. The van der Waals surface area contributed by atoms with E-state index in [2.05, 4.69) is 41.5 Å². The first-order valence-corrected chi connectivity index (χ1v) is 9.66. The van der Waals surface area contributed by atoms with Gasteiger partial charge in [0.1, 0.15) is 5.75 Å². The SMILES string of the molecule is CC(C)(C)CCCCc1c(O)cc(O)c(O)c1CCCCC(C)(C)C. The maximum atomic E-state index is 10.3. The van der Waals surface area contributed by atoms with Crippen LogP contribution in [0, 0.1) is 10.8 Å². The lowest BCUT2D eigenvalue weighted by atomic mass is 9.87. The molecule has 25 heavy (non-hydrogen) atoms. The Kier molecular flexibility index (Phi) is 7.64. The molecule has 0 heterocycles. The largest absolute Gasteiger partial charge is 0.508 e. The van der Waals surface area contributed by atoms with Crippen molar-refractivity contribution in [3.63, 3.8) is 0 Å². The molecule has 0 radical (unpaired) electrons. The maximum Gasteiger partial charge on any atom is 0.161 e. The first-order valence-electron chi connectivity index (χ1n) is 9.66. The van der Waals surface area contributed by atoms with Crippen LogP contribution in [0.4, 0.5) is 0 Å². The van der Waals surface area contributed by atoms with E-state index in [-0.39, 0.29) is 17.2 Å². The monoisotopic (exact) mass is 350 g/mol. The van der Waals surface area contributed by atoms with Gasteiger partial charge in [-0.2, -0.15) is 0 Å². The zero-order chi connectivity index (χ0) is 19.3. The van der Waals surface area contributed by atoms with Crippen LogP contribution in [0.15, 0.2) is 6.07 Å². The maximum absolute atomic E-state index is 10.3. The Balaban J connectivity index is 2.76. The summed E-state index contributed by atoms with van der Waals surface area (Å²) in [6.45, 7) is 13.4. The number of phenolic OH excluding ortho intramolecular Hbond substituents is 3. The van der Waals surface area contributed by atoms with E-state index in [1.165, 1.54) is 6.07 Å². The average molecular weight is 351 g/mol. The van der Waals surface area contributed by atoms with Gasteiger partial charge in [0.15, 0.2) is 11.5 Å². The minimum absolute atomic E-state index is 0.0561. The number of phenols is 3. The molecule has 3 N–H and O–H groups in total. The van der Waals surface area contributed by atoms with Gasteiger partial charge in [-0.15, -0.1) is 0 Å². The Bertz CT molecular complexity index is 548. The second-order valence-electron chi connectivity index (χ2n) is 9.76. The zero-order valence-corrected chi connectivity index (χ0v) is 17.1. The van der Waals surface area contributed by atoms with Gasteiger partial charge in [0.05, 0.1) is 0 Å². The smallest absolute Gasteiger partial charge is 0.161 e. The lowest BCUT2D eigenvalue weighted by Gasteiger charge is -2.19. The van der Waals surface area contributed by atoms with Gasteiger partial charge in [-0.1, -0.05) is 54.4 Å². The van der Waals surface area contributed by atoms with Crippen molar-refractivity contribution in [3.8, 4) is 17.2 Å². The van der Waals surface area contributed by atoms with E-state index in [0.29, 0.717) is 17.3 Å². The van der Waals surface area contributed by atoms with Crippen LogP contribution >= 0.6 is 0 Å². The van der Waals surface area contributed by atoms with Crippen molar-refractivity contribution in [3.05, 3.63) is 17.2 Å². The van der Waals surface area contributed by atoms with E-state index in [0.717, 1.165) is 56.1 Å². The van der Waals surface area contributed by atoms with Gasteiger partial charge >= 0.3 is 0 Å². The van der Waals surface area contributed by atoms with Crippen molar-refractivity contribution in [2.75, 3.05) is 0 Å². The van der Waals surface area contributed by atoms with E-state index in [4.69, 9.17) is 0 Å². The molecule has 0 saturated heterocycles. The zero-order valence-electron chi connectivity index (χ0n) is 17.1. The highest BCUT2D eigenvalue weighted by Gasteiger charge is 2.18. The molecule has 0 aliphatic carbocycles. The van der Waals surface area contributed by atoms with Gasteiger partial charge in [-0.05, 0) is 49.4 Å². The van der Waals surface area contributed by atoms with Crippen LogP contribution in [0.25, 0.3) is 0 Å². The van der Waals surface area contributed by atoms with Gasteiger partial charge in [0.2, 0.25) is 0 Å². The third-order valence-electron chi connectivity index (χ3n) is 4.68. The number of hydrogen-bond donors (Lipinski definition) is 3. The van der Waals surface area contributed by atoms with Crippen molar-refractivity contribution in [1.82, 2.24) is 0 Å². The Morgan fingerprint density at radius 3 is 1.52 bits per heavy atom. The molecule has 0 saturated carbocycles. The third-order valence-corrected chi connectivity index (χ3v) is 4.68. The summed E-state index contributed by atoms with van der Waals surface area (Å²) >= 11 is 0. The van der Waals surface area contributed by atoms with E-state index < -0.39 is 0 Å². The average Bonchev–Trinajstić information content (AvgIpc) is 2.44. The summed E-state index contributed by atoms with van der Waals surface area (Å²) < 4.78 is 0. The summed E-state index contributed by atoms with van der Waals surface area (Å²) in [6, 6.07) is 1.27. The minimum Gasteiger partial charge on any atom is -0.508 e. The molecular weight excluding hydrogens is 312 g/mol. The van der Waals surface area contributed by atoms with Crippen LogP contribution in [-0.4, -0.2) is 15.3 Å². The fourth-order valence-electron chi connectivity index (χ4n) is 3.20. The Morgan fingerprint density at radius 2 is 1.08 bits per heavy atom. The number of aromatic hydroxyl groups is 3. The van der Waals surface area contributed by atoms with Crippen molar-refractivity contribution in [1.29, 1.82) is 0 Å². The predicted octanol–water partition coefficient (Wildman–Crippen LogP) is 6.32. The highest BCUT2D eigenvalue weighted by atomic mass is 16.3. The molecule has 144 valence electrons. The Labute approximate surface area is 154 Å². The van der Waals surface area contributed by atoms with Crippen LogP contribution < -0.4 is 0 Å². The summed E-state index contributed by atoms with van der Waals surface area (Å²) in [5, 5.41) is 30.4. The molecular formula is C22H38O3. The van der Waals surface area contributed by atoms with Crippen molar-refractivity contribution < 1.29 is 15.3 Å². The normalized spacial score (nSPS) is 12.6. The van der Waals surface area contributed by atoms with Crippen LogP contribution in [-0.2, 0) is 12.8 Å². The summed E-state index contributed by atoms with van der Waals surface area (Å²) in [5.41, 5.74) is 2.15. The van der Waals surface area contributed by atoms with E-state index in [1.54, 1.807) is 0 Å². The van der Waals surface area contributed by atoms with Gasteiger partial charge in [0, 0.05) is 17.2 Å². The van der Waals surface area contributed by atoms with Gasteiger partial charge in [-0.3, -0.25) is 0 Å². The number of unbranched alkanes of at least 4 members (excludes halogenated alkanes) is 2. The predicted molar refractivity (Wildman–Crippen MR) is 105 cm³/mol. The van der Waals surface area contributed by atoms with Gasteiger partial charge in [-0.25, -0.2) is 0 Å². The molecule has 0 atom stereocenters. The number of hydrogen-bond acceptors (Lipinski definition) is 3. The van der Waals surface area contributed by atoms with Crippen LogP contribution in [0.3, 0.4) is 0 Å². The van der Waals surface area contributed by atoms with Gasteiger partial charge < -0.3 is 15.3 Å². The summed E-state index contributed by atoms with van der Waals surface area (Å²) in [4.78, 5) is 0. The highest BCUT2D eigenvalue weighted by molar-refractivity contribution is 5.55. The topological polar surface area (TPSA) is 60.7 Å².